The Morgan fingerprint density at radius 2 is 1.87 bits per heavy atom. The molecule has 9 nitrogen and oxygen atoms in total. The molecule has 2 aromatic carbocycles. The summed E-state index contributed by atoms with van der Waals surface area (Å²) in [6.07, 6.45) is -1.52. The fraction of sp³-hybridized carbons (Fsp3) is 0.440. The first kappa shape index (κ1) is 26.9. The average molecular weight is 567 g/mol. The van der Waals surface area contributed by atoms with Crippen molar-refractivity contribution in [1.29, 1.82) is 0 Å². The van der Waals surface area contributed by atoms with Crippen LogP contribution in [0.1, 0.15) is 37.6 Å². The zero-order chi connectivity index (χ0) is 26.9. The molecular weight excluding hydrogens is 538 g/mol. The van der Waals surface area contributed by atoms with Crippen molar-refractivity contribution in [3.05, 3.63) is 65.0 Å². The lowest BCUT2D eigenvalue weighted by Crippen LogP contribution is -2.69. The third-order valence-electron chi connectivity index (χ3n) is 7.00. The van der Waals surface area contributed by atoms with E-state index in [0.717, 1.165) is 13.1 Å². The van der Waals surface area contributed by atoms with Crippen LogP contribution in [0, 0.1) is 0 Å². The Hall–Kier alpha value is -2.64. The molecule has 0 bridgehead atoms. The van der Waals surface area contributed by atoms with E-state index in [4.69, 9.17) is 16.0 Å². The molecule has 1 atom stereocenters. The molecule has 0 radical (unpaired) electrons. The maximum atomic E-state index is 14.0. The minimum Gasteiger partial charge on any atom is -0.415 e. The van der Waals surface area contributed by atoms with E-state index < -0.39 is 27.6 Å². The van der Waals surface area contributed by atoms with Crippen molar-refractivity contribution in [1.82, 2.24) is 25.5 Å². The number of nitrogens with one attached hydrogen (secondary N) is 1. The van der Waals surface area contributed by atoms with E-state index in [2.05, 4.69) is 32.5 Å². The van der Waals surface area contributed by atoms with Crippen LogP contribution in [0.3, 0.4) is 0 Å². The van der Waals surface area contributed by atoms with Crippen LogP contribution in [0.15, 0.2) is 52.9 Å². The van der Waals surface area contributed by atoms with E-state index in [1.807, 2.05) is 0 Å². The number of rotatable bonds is 9. The summed E-state index contributed by atoms with van der Waals surface area (Å²) >= 11 is 6.22. The molecule has 0 amide bonds. The van der Waals surface area contributed by atoms with Gasteiger partial charge in [-0.3, -0.25) is 9.21 Å². The number of hydrogen-bond acceptors (Lipinski definition) is 8. The molecule has 204 valence electrons. The van der Waals surface area contributed by atoms with E-state index in [9.17, 15) is 17.2 Å². The summed E-state index contributed by atoms with van der Waals surface area (Å²) in [6.45, 7) is 5.44. The number of halogens is 3. The van der Waals surface area contributed by atoms with Crippen LogP contribution in [0.5, 0.6) is 0 Å². The highest BCUT2D eigenvalue weighted by Crippen LogP contribution is 2.31. The highest BCUT2D eigenvalue weighted by Gasteiger charge is 2.39. The molecule has 1 aromatic heterocycles. The first-order chi connectivity index (χ1) is 18.2. The van der Waals surface area contributed by atoms with Gasteiger partial charge in [0.2, 0.25) is 15.9 Å². The second kappa shape index (κ2) is 11.2. The maximum Gasteiger partial charge on any atom is 0.314 e. The van der Waals surface area contributed by atoms with E-state index in [1.54, 1.807) is 48.5 Å². The summed E-state index contributed by atoms with van der Waals surface area (Å²) in [7, 11) is -3.72. The molecule has 13 heteroatoms. The first-order valence-corrected chi connectivity index (χ1v) is 14.4. The van der Waals surface area contributed by atoms with Gasteiger partial charge < -0.3 is 4.42 Å². The number of likely N-dealkylation sites (N-methyl/N-ethyl adjacent to an activating group) is 1. The Bertz CT molecular complexity index is 1340. The molecule has 1 N–H and O–H groups in total. The topological polar surface area (TPSA) is 94.8 Å². The van der Waals surface area contributed by atoms with Crippen molar-refractivity contribution < 1.29 is 21.6 Å². The second-order valence-corrected chi connectivity index (χ2v) is 12.0. The molecule has 2 saturated heterocycles. The van der Waals surface area contributed by atoms with E-state index >= 15 is 0 Å². The van der Waals surface area contributed by atoms with E-state index in [0.29, 0.717) is 47.8 Å². The summed E-state index contributed by atoms with van der Waals surface area (Å²) in [6, 6.07) is 13.5. The number of hydrogen-bond donors (Lipinski definition) is 1. The molecule has 3 heterocycles. The Morgan fingerprint density at radius 3 is 2.47 bits per heavy atom. The van der Waals surface area contributed by atoms with Crippen molar-refractivity contribution in [3.63, 3.8) is 0 Å². The number of likely N-dealkylation sites (tertiary alicyclic amines) is 1. The SMILES string of the molecule is CCN1CC(N2CCC(S(=O)(=O)N(Cc3ccc(-c4nnc(C(F)F)o4)cc3)c3cccc(Cl)c3)CC2)N1. The lowest BCUT2D eigenvalue weighted by Gasteiger charge is -2.48. The van der Waals surface area contributed by atoms with Gasteiger partial charge in [0.1, 0.15) is 0 Å². The van der Waals surface area contributed by atoms with Crippen LogP contribution in [0.25, 0.3) is 11.5 Å². The highest BCUT2D eigenvalue weighted by atomic mass is 35.5. The number of nitrogens with zero attached hydrogens (tertiary/aromatic N) is 5. The number of sulfonamides is 1. The Labute approximate surface area is 225 Å². The molecule has 2 aliphatic rings. The van der Waals surface area contributed by atoms with E-state index in [-0.39, 0.29) is 18.6 Å². The fourth-order valence-corrected chi connectivity index (χ4v) is 6.89. The van der Waals surface area contributed by atoms with Crippen LogP contribution >= 0.6 is 11.6 Å². The van der Waals surface area contributed by atoms with Crippen molar-refractivity contribution >= 4 is 27.3 Å². The molecule has 0 saturated carbocycles. The minimum atomic E-state index is -3.72. The summed E-state index contributed by atoms with van der Waals surface area (Å²) < 4.78 is 59.9. The lowest BCUT2D eigenvalue weighted by molar-refractivity contribution is -0.0491. The number of hydrazine groups is 1. The van der Waals surface area contributed by atoms with Gasteiger partial charge >= 0.3 is 6.43 Å². The summed E-state index contributed by atoms with van der Waals surface area (Å²) in [5.41, 5.74) is 5.06. The van der Waals surface area contributed by atoms with Gasteiger partial charge in [-0.25, -0.2) is 18.9 Å². The number of piperidine rings is 1. The van der Waals surface area contributed by atoms with Gasteiger partial charge in [-0.05, 0) is 48.7 Å². The normalized spacial score (nSPS) is 19.6. The summed E-state index contributed by atoms with van der Waals surface area (Å²) in [5, 5.41) is 9.07. The molecule has 1 unspecified atom stereocenters. The quantitative estimate of drug-likeness (QED) is 0.410. The van der Waals surface area contributed by atoms with Gasteiger partial charge in [-0.15, -0.1) is 10.2 Å². The van der Waals surface area contributed by atoms with Crippen LogP contribution in [0.2, 0.25) is 5.02 Å². The van der Waals surface area contributed by atoms with Gasteiger partial charge in [-0.1, -0.05) is 36.7 Å². The van der Waals surface area contributed by atoms with Crippen molar-refractivity contribution in [2.45, 2.75) is 44.2 Å². The van der Waals surface area contributed by atoms with Crippen molar-refractivity contribution in [3.8, 4) is 11.5 Å². The van der Waals surface area contributed by atoms with Gasteiger partial charge in [0.05, 0.1) is 23.6 Å². The van der Waals surface area contributed by atoms with Crippen LogP contribution < -0.4 is 9.73 Å². The number of benzene rings is 2. The molecule has 38 heavy (non-hydrogen) atoms. The number of alkyl halides is 2. The molecule has 0 spiro atoms. The number of anilines is 1. The fourth-order valence-electron chi connectivity index (χ4n) is 4.80. The van der Waals surface area contributed by atoms with Gasteiger partial charge in [0.25, 0.3) is 5.89 Å². The van der Waals surface area contributed by atoms with Gasteiger partial charge in [-0.2, -0.15) is 8.78 Å². The number of aromatic nitrogens is 2. The zero-order valence-electron chi connectivity index (χ0n) is 20.8. The van der Waals surface area contributed by atoms with Crippen LogP contribution in [0.4, 0.5) is 14.5 Å². The zero-order valence-corrected chi connectivity index (χ0v) is 22.4. The monoisotopic (exact) mass is 566 g/mol. The predicted octanol–water partition coefficient (Wildman–Crippen LogP) is 4.29. The van der Waals surface area contributed by atoms with Gasteiger partial charge in [0.15, 0.2) is 0 Å². The maximum absolute atomic E-state index is 14.0. The predicted molar refractivity (Wildman–Crippen MR) is 140 cm³/mol. The van der Waals surface area contributed by atoms with Crippen LogP contribution in [-0.2, 0) is 16.6 Å². The average Bonchev–Trinajstić information content (AvgIpc) is 3.38. The standard InChI is InChI=1S/C25H29ClF2N6O3S/c1-2-33-16-22(31-33)32-12-10-21(11-13-32)38(35,36)34(20-5-3-4-19(26)14-20)15-17-6-8-18(9-7-17)24-29-30-25(37-24)23(27)28/h3-9,14,21-23,31H,2,10-13,15-16H2,1H3. The smallest absolute Gasteiger partial charge is 0.314 e. The lowest BCUT2D eigenvalue weighted by atomic mass is 10.1. The van der Waals surface area contributed by atoms with Gasteiger partial charge in [0, 0.05) is 36.8 Å². The third kappa shape index (κ3) is 5.69. The minimum absolute atomic E-state index is 0.0269. The Balaban J connectivity index is 1.33. The van der Waals surface area contributed by atoms with Crippen LogP contribution in [-0.4, -0.2) is 66.1 Å². The summed E-state index contributed by atoms with van der Waals surface area (Å²) in [4.78, 5) is 2.30. The molecule has 5 rings (SSSR count). The highest BCUT2D eigenvalue weighted by molar-refractivity contribution is 7.93. The second-order valence-electron chi connectivity index (χ2n) is 9.39. The summed E-state index contributed by atoms with van der Waals surface area (Å²) in [5.74, 6) is -0.773. The molecule has 2 aliphatic heterocycles. The van der Waals surface area contributed by atoms with E-state index in [1.165, 1.54) is 4.31 Å². The Kier molecular flexibility index (Phi) is 7.96. The molecule has 2 fully saturated rings. The Morgan fingerprint density at radius 1 is 1.16 bits per heavy atom. The first-order valence-electron chi connectivity index (χ1n) is 12.5. The molecule has 3 aromatic rings. The third-order valence-corrected chi connectivity index (χ3v) is 9.51. The molecule has 0 aliphatic carbocycles. The van der Waals surface area contributed by atoms with Crippen molar-refractivity contribution in [2.24, 2.45) is 0 Å². The van der Waals surface area contributed by atoms with Crippen molar-refractivity contribution in [2.75, 3.05) is 30.5 Å². The largest absolute Gasteiger partial charge is 0.415 e. The molecular formula is C25H29ClF2N6O3S.